The van der Waals surface area contributed by atoms with Gasteiger partial charge in [-0.2, -0.15) is 0 Å². The van der Waals surface area contributed by atoms with Gasteiger partial charge in [-0.1, -0.05) is 95.3 Å². The minimum Gasteiger partial charge on any atom is -0.395 e. The third kappa shape index (κ3) is 16.5. The molecule has 1 aliphatic carbocycles. The lowest BCUT2D eigenvalue weighted by Crippen LogP contribution is -2.52. The molecule has 10 nitrogen and oxygen atoms in total. The highest BCUT2D eigenvalue weighted by Gasteiger charge is 2.53. The number of unbranched alkanes of at least 4 members (excludes halogenated alkanes) is 1. The number of aliphatic hydroxyl groups excluding tert-OH is 2. The highest BCUT2D eigenvalue weighted by molar-refractivity contribution is 8.76. The van der Waals surface area contributed by atoms with Crippen molar-refractivity contribution in [3.63, 3.8) is 0 Å². The summed E-state index contributed by atoms with van der Waals surface area (Å²) in [6.07, 6.45) is 24.3. The van der Waals surface area contributed by atoms with Crippen molar-refractivity contribution < 1.29 is 42.9 Å². The van der Waals surface area contributed by atoms with Gasteiger partial charge in [0.15, 0.2) is 11.5 Å². The Hall–Kier alpha value is -3.59. The van der Waals surface area contributed by atoms with Crippen molar-refractivity contribution >= 4 is 39.3 Å². The van der Waals surface area contributed by atoms with E-state index in [4.69, 9.17) is 5.11 Å². The molecular weight excluding hydrogens is 725 g/mol. The predicted molar refractivity (Wildman–Crippen MR) is 208 cm³/mol. The van der Waals surface area contributed by atoms with Gasteiger partial charge in [0.05, 0.1) is 18.1 Å². The van der Waals surface area contributed by atoms with Gasteiger partial charge >= 0.3 is 6.29 Å². The van der Waals surface area contributed by atoms with E-state index in [2.05, 4.69) is 93.1 Å². The van der Waals surface area contributed by atoms with Crippen LogP contribution in [-0.2, 0) is 19.8 Å². The summed E-state index contributed by atoms with van der Waals surface area (Å²) in [6.45, 7) is 1.83. The number of halogens is 2. The first-order valence-electron chi connectivity index (χ1n) is 18.1. The zero-order valence-corrected chi connectivity index (χ0v) is 31.9. The highest BCUT2D eigenvalue weighted by atomic mass is 33.1. The largest absolute Gasteiger partial charge is 0.586 e. The molecule has 292 valence electrons. The molecule has 3 rings (SSSR count). The Morgan fingerprint density at radius 3 is 2.13 bits per heavy atom. The maximum atomic E-state index is 13.5. The Kier molecular flexibility index (Phi) is 19.8. The van der Waals surface area contributed by atoms with Gasteiger partial charge in [0.2, 0.25) is 17.7 Å². The standard InChI is InChI=1S/C39H53F2N3O7S2/c1-2-3-4-5-6-7-8-9-10-11-12-13-14-15-16-17-18-19-35(47)42-24-25-52-53-29-32(36(48)43-27-31(46)28-45)44-37(49)38(22-23-38)30-20-21-33-34(26-30)51-39(40,41)50-33/h3-4,6-7,9-10,12-13,15-16,20-21,26,31-32,45-46H,2,5,8,11,14,17-19,22-25,27-29H2,1H3,(H,42,47)(H,43,48)(H,44,49)/b4-3-,7-6-,10-9-,13-12-,16-15-. The minimum atomic E-state index is -3.78. The Morgan fingerprint density at radius 1 is 0.887 bits per heavy atom. The third-order valence-electron chi connectivity index (χ3n) is 8.24. The zero-order valence-electron chi connectivity index (χ0n) is 30.3. The zero-order chi connectivity index (χ0) is 38.4. The summed E-state index contributed by atoms with van der Waals surface area (Å²) >= 11 is 0. The fourth-order valence-electron chi connectivity index (χ4n) is 5.15. The molecule has 0 bridgehead atoms. The molecule has 1 aliphatic heterocycles. The van der Waals surface area contributed by atoms with E-state index in [1.807, 2.05) is 0 Å². The van der Waals surface area contributed by atoms with Crippen LogP contribution in [0.25, 0.3) is 0 Å². The summed E-state index contributed by atoms with van der Waals surface area (Å²) in [7, 11) is 2.78. The van der Waals surface area contributed by atoms with E-state index in [0.717, 1.165) is 44.9 Å². The van der Waals surface area contributed by atoms with Gasteiger partial charge in [-0.15, -0.1) is 8.78 Å². The van der Waals surface area contributed by atoms with Crippen molar-refractivity contribution in [1.29, 1.82) is 0 Å². The lowest BCUT2D eigenvalue weighted by molar-refractivity contribution is -0.286. The second-order valence-corrected chi connectivity index (χ2v) is 15.2. The number of rotatable bonds is 26. The van der Waals surface area contributed by atoms with Crippen molar-refractivity contribution in [2.24, 2.45) is 0 Å². The van der Waals surface area contributed by atoms with E-state index in [1.54, 1.807) is 0 Å². The monoisotopic (exact) mass is 777 g/mol. The molecule has 1 fully saturated rings. The molecule has 0 aromatic heterocycles. The predicted octanol–water partition coefficient (Wildman–Crippen LogP) is 6.41. The number of allylic oxidation sites excluding steroid dienone is 10. The van der Waals surface area contributed by atoms with Crippen LogP contribution in [0.3, 0.4) is 0 Å². The van der Waals surface area contributed by atoms with Crippen LogP contribution < -0.4 is 25.4 Å². The van der Waals surface area contributed by atoms with Crippen molar-refractivity contribution in [3.8, 4) is 11.5 Å². The second-order valence-electron chi connectivity index (χ2n) is 12.6. The molecule has 0 saturated heterocycles. The van der Waals surface area contributed by atoms with Crippen LogP contribution in [0.1, 0.15) is 76.7 Å². The van der Waals surface area contributed by atoms with E-state index >= 15 is 0 Å². The fraction of sp³-hybridized carbons (Fsp3) is 0.513. The summed E-state index contributed by atoms with van der Waals surface area (Å²) in [5.74, 6) is -0.542. The Balaban J connectivity index is 1.31. The summed E-state index contributed by atoms with van der Waals surface area (Å²) in [5.41, 5.74) is -0.532. The molecule has 0 radical (unpaired) electrons. The number of aliphatic hydroxyl groups is 2. The number of carbonyl (C=O) groups is 3. The number of nitrogens with one attached hydrogen (secondary N) is 3. The quantitative estimate of drug-likeness (QED) is 0.0409. The topological polar surface area (TPSA) is 146 Å². The van der Waals surface area contributed by atoms with Crippen LogP contribution in [0.15, 0.2) is 79.0 Å². The average molecular weight is 778 g/mol. The Bertz CT molecular complexity index is 1460. The number of amides is 3. The van der Waals surface area contributed by atoms with Gasteiger partial charge in [-0.25, -0.2) is 0 Å². The molecule has 1 aromatic carbocycles. The molecule has 2 atom stereocenters. The number of benzene rings is 1. The second kappa shape index (κ2) is 23.9. The third-order valence-corrected chi connectivity index (χ3v) is 10.7. The van der Waals surface area contributed by atoms with Crippen molar-refractivity contribution in [1.82, 2.24) is 16.0 Å². The highest BCUT2D eigenvalue weighted by Crippen LogP contribution is 2.52. The molecule has 14 heteroatoms. The summed E-state index contributed by atoms with van der Waals surface area (Å²) in [5, 5.41) is 27.0. The SMILES string of the molecule is CC/C=C\C/C=C\C/C=C\C/C=C\C/C=C\CCCC(=O)NCCSSCC(NC(=O)C1(c2ccc3c(c2)OC(F)(F)O3)CC1)C(=O)NCC(O)CO. The van der Waals surface area contributed by atoms with Crippen LogP contribution in [0.4, 0.5) is 8.78 Å². The summed E-state index contributed by atoms with van der Waals surface area (Å²) < 4.78 is 36.1. The summed E-state index contributed by atoms with van der Waals surface area (Å²) in [4.78, 5) is 38.7. The maximum absolute atomic E-state index is 13.5. The van der Waals surface area contributed by atoms with Gasteiger partial charge in [-0.05, 0) is 75.5 Å². The van der Waals surface area contributed by atoms with E-state index in [-0.39, 0.29) is 29.7 Å². The first-order chi connectivity index (χ1) is 25.6. The molecule has 2 aliphatic rings. The van der Waals surface area contributed by atoms with E-state index in [1.165, 1.54) is 39.8 Å². The number of hydrogen-bond donors (Lipinski definition) is 5. The molecule has 1 heterocycles. The number of carbonyl (C=O) groups excluding carboxylic acids is 3. The van der Waals surface area contributed by atoms with Crippen LogP contribution >= 0.6 is 21.6 Å². The van der Waals surface area contributed by atoms with Crippen LogP contribution in [0.5, 0.6) is 11.5 Å². The van der Waals surface area contributed by atoms with Gasteiger partial charge < -0.3 is 35.6 Å². The van der Waals surface area contributed by atoms with E-state index in [0.29, 0.717) is 37.1 Å². The number of fused-ring (bicyclic) bond motifs is 1. The molecule has 2 unspecified atom stereocenters. The first kappa shape index (κ1) is 43.8. The lowest BCUT2D eigenvalue weighted by Gasteiger charge is -2.23. The van der Waals surface area contributed by atoms with Gasteiger partial charge in [-0.3, -0.25) is 14.4 Å². The fourth-order valence-corrected chi connectivity index (χ4v) is 7.22. The Morgan fingerprint density at radius 2 is 1.51 bits per heavy atom. The van der Waals surface area contributed by atoms with Crippen LogP contribution in [0.2, 0.25) is 0 Å². The summed E-state index contributed by atoms with van der Waals surface area (Å²) in [6, 6.07) is 3.25. The van der Waals surface area contributed by atoms with Crippen molar-refractivity contribution in [3.05, 3.63) is 84.5 Å². The van der Waals surface area contributed by atoms with Gasteiger partial charge in [0, 0.05) is 31.0 Å². The smallest absolute Gasteiger partial charge is 0.395 e. The molecular formula is C39H53F2N3O7S2. The molecule has 3 amide bonds. The minimum absolute atomic E-state index is 0.0307. The maximum Gasteiger partial charge on any atom is 0.586 e. The Labute approximate surface area is 319 Å². The molecule has 53 heavy (non-hydrogen) atoms. The van der Waals surface area contributed by atoms with Crippen LogP contribution in [-0.4, -0.2) is 77.6 Å². The van der Waals surface area contributed by atoms with Crippen molar-refractivity contribution in [2.75, 3.05) is 31.2 Å². The van der Waals surface area contributed by atoms with Gasteiger partial charge in [0.25, 0.3) is 0 Å². The lowest BCUT2D eigenvalue weighted by atomic mass is 9.94. The van der Waals surface area contributed by atoms with Crippen LogP contribution in [0, 0.1) is 0 Å². The van der Waals surface area contributed by atoms with E-state index in [9.17, 15) is 28.3 Å². The molecule has 0 spiro atoms. The average Bonchev–Trinajstić information content (AvgIpc) is 3.89. The van der Waals surface area contributed by atoms with Crippen molar-refractivity contribution in [2.45, 2.75) is 95.0 Å². The van der Waals surface area contributed by atoms with E-state index < -0.39 is 42.3 Å². The number of ether oxygens (including phenoxy) is 2. The molecule has 5 N–H and O–H groups in total. The van der Waals surface area contributed by atoms with Gasteiger partial charge in [0.1, 0.15) is 6.04 Å². The number of alkyl halides is 2. The normalized spacial score (nSPS) is 16.9. The first-order valence-corrected chi connectivity index (χ1v) is 20.6. The molecule has 1 saturated carbocycles. The number of hydrogen-bond acceptors (Lipinski definition) is 9. The molecule has 1 aromatic rings.